The van der Waals surface area contributed by atoms with Crippen molar-refractivity contribution >= 4 is 0 Å². The van der Waals surface area contributed by atoms with E-state index in [0.717, 1.165) is 13.0 Å². The Bertz CT molecular complexity index is 441. The number of unbranched alkanes of at least 4 members (excludes halogenated alkanes) is 3. The second-order valence-electron chi connectivity index (χ2n) is 8.07. The van der Waals surface area contributed by atoms with Gasteiger partial charge < -0.3 is 4.57 Å². The minimum atomic E-state index is 0.175. The molecule has 22 heavy (non-hydrogen) atoms. The van der Waals surface area contributed by atoms with Gasteiger partial charge in [-0.15, -0.1) is 0 Å². The van der Waals surface area contributed by atoms with Crippen LogP contribution >= 0.6 is 0 Å². The maximum Gasteiger partial charge on any atom is 0.0952 e. The first-order valence-electron chi connectivity index (χ1n) is 9.36. The van der Waals surface area contributed by atoms with Gasteiger partial charge >= 0.3 is 0 Å². The Morgan fingerprint density at radius 3 is 2.09 bits per heavy atom. The molecule has 0 aliphatic carbocycles. The molecule has 0 saturated heterocycles. The van der Waals surface area contributed by atoms with Crippen molar-refractivity contribution in [2.45, 2.75) is 111 Å². The normalized spacial score (nSPS) is 12.9. The molecule has 0 unspecified atom stereocenters. The summed E-state index contributed by atoms with van der Waals surface area (Å²) in [6, 6.07) is 0. The zero-order valence-electron chi connectivity index (χ0n) is 16.1. The minimum Gasteiger partial charge on any atom is -0.334 e. The summed E-state index contributed by atoms with van der Waals surface area (Å²) in [7, 11) is 0. The number of imidazole rings is 1. The highest BCUT2D eigenvalue weighted by atomic mass is 15.1. The molecule has 0 atom stereocenters. The standard InChI is InChI=1S/C20H38N2/c1-8-11-13-14-20(6,7)17-18(19(4,5)10-3)22(16-21-17)15-12-9-2/h16H,8-15H2,1-7H3. The number of nitrogens with zero attached hydrogens (tertiary/aromatic N) is 2. The summed E-state index contributed by atoms with van der Waals surface area (Å²) >= 11 is 0. The van der Waals surface area contributed by atoms with Crippen LogP contribution in [0.1, 0.15) is 105 Å². The average molecular weight is 307 g/mol. The van der Waals surface area contributed by atoms with Gasteiger partial charge in [-0.3, -0.25) is 0 Å². The maximum atomic E-state index is 4.90. The van der Waals surface area contributed by atoms with E-state index in [1.807, 2.05) is 0 Å². The van der Waals surface area contributed by atoms with Crippen molar-refractivity contribution in [1.82, 2.24) is 9.55 Å². The minimum absolute atomic E-state index is 0.175. The van der Waals surface area contributed by atoms with Gasteiger partial charge in [-0.05, 0) is 19.3 Å². The Kier molecular flexibility index (Phi) is 7.15. The van der Waals surface area contributed by atoms with Crippen molar-refractivity contribution in [3.63, 3.8) is 0 Å². The number of aromatic nitrogens is 2. The van der Waals surface area contributed by atoms with Crippen LogP contribution in [0, 0.1) is 0 Å². The summed E-state index contributed by atoms with van der Waals surface area (Å²) in [5, 5.41) is 0. The summed E-state index contributed by atoms with van der Waals surface area (Å²) in [6.45, 7) is 17.4. The van der Waals surface area contributed by atoms with Crippen LogP contribution in [0.25, 0.3) is 0 Å². The largest absolute Gasteiger partial charge is 0.334 e. The fraction of sp³-hybridized carbons (Fsp3) is 0.850. The third-order valence-corrected chi connectivity index (χ3v) is 5.16. The van der Waals surface area contributed by atoms with Crippen LogP contribution in [0.5, 0.6) is 0 Å². The zero-order chi connectivity index (χ0) is 16.8. The molecule has 0 bridgehead atoms. The van der Waals surface area contributed by atoms with Gasteiger partial charge in [-0.25, -0.2) is 4.98 Å². The Morgan fingerprint density at radius 2 is 1.55 bits per heavy atom. The summed E-state index contributed by atoms with van der Waals surface area (Å²) in [6.07, 6.45) is 10.9. The zero-order valence-corrected chi connectivity index (χ0v) is 16.1. The summed E-state index contributed by atoms with van der Waals surface area (Å²) in [5.41, 5.74) is 3.19. The predicted molar refractivity (Wildman–Crippen MR) is 97.6 cm³/mol. The summed E-state index contributed by atoms with van der Waals surface area (Å²) in [5.74, 6) is 0. The third-order valence-electron chi connectivity index (χ3n) is 5.16. The Hall–Kier alpha value is -0.790. The molecule has 1 aromatic heterocycles. The molecule has 0 aliphatic rings. The van der Waals surface area contributed by atoms with E-state index < -0.39 is 0 Å². The van der Waals surface area contributed by atoms with Gasteiger partial charge in [-0.2, -0.15) is 0 Å². The highest BCUT2D eigenvalue weighted by Crippen LogP contribution is 2.38. The lowest BCUT2D eigenvalue weighted by atomic mass is 9.76. The fourth-order valence-corrected chi connectivity index (χ4v) is 3.19. The van der Waals surface area contributed by atoms with E-state index in [1.54, 1.807) is 0 Å². The van der Waals surface area contributed by atoms with Crippen molar-refractivity contribution in [2.75, 3.05) is 0 Å². The van der Waals surface area contributed by atoms with Crippen LogP contribution in [0.3, 0.4) is 0 Å². The molecular weight excluding hydrogens is 268 g/mol. The number of rotatable bonds is 10. The molecule has 0 spiro atoms. The number of hydrogen-bond donors (Lipinski definition) is 0. The van der Waals surface area contributed by atoms with Crippen molar-refractivity contribution in [2.24, 2.45) is 0 Å². The van der Waals surface area contributed by atoms with E-state index >= 15 is 0 Å². The molecule has 0 saturated carbocycles. The van der Waals surface area contributed by atoms with Gasteiger partial charge in [0.1, 0.15) is 0 Å². The highest BCUT2D eigenvalue weighted by Gasteiger charge is 2.34. The first-order chi connectivity index (χ1) is 10.3. The van der Waals surface area contributed by atoms with E-state index in [1.165, 1.54) is 49.9 Å². The molecule has 0 aromatic carbocycles. The Balaban J connectivity index is 3.15. The van der Waals surface area contributed by atoms with Gasteiger partial charge in [0.25, 0.3) is 0 Å². The molecular formula is C20H38N2. The molecule has 0 N–H and O–H groups in total. The van der Waals surface area contributed by atoms with Gasteiger partial charge in [-0.1, -0.05) is 74.1 Å². The van der Waals surface area contributed by atoms with Crippen LogP contribution in [-0.2, 0) is 17.4 Å². The van der Waals surface area contributed by atoms with E-state index in [4.69, 9.17) is 4.98 Å². The van der Waals surface area contributed by atoms with Crippen LogP contribution in [0.4, 0.5) is 0 Å². The first kappa shape index (κ1) is 19.3. The van der Waals surface area contributed by atoms with Gasteiger partial charge in [0, 0.05) is 23.1 Å². The fourth-order valence-electron chi connectivity index (χ4n) is 3.19. The van der Waals surface area contributed by atoms with E-state index in [2.05, 4.69) is 59.4 Å². The van der Waals surface area contributed by atoms with Gasteiger partial charge in [0.15, 0.2) is 0 Å². The molecule has 0 radical (unpaired) electrons. The molecule has 128 valence electrons. The van der Waals surface area contributed by atoms with Crippen molar-refractivity contribution < 1.29 is 0 Å². The molecule has 2 heteroatoms. The lowest BCUT2D eigenvalue weighted by Gasteiger charge is -2.32. The summed E-state index contributed by atoms with van der Waals surface area (Å²) in [4.78, 5) is 4.90. The Morgan fingerprint density at radius 1 is 0.909 bits per heavy atom. The van der Waals surface area contributed by atoms with E-state index in [-0.39, 0.29) is 10.8 Å². The Labute approximate surface area is 138 Å². The molecule has 0 fully saturated rings. The lowest BCUT2D eigenvalue weighted by Crippen LogP contribution is -2.28. The topological polar surface area (TPSA) is 17.8 Å². The second-order valence-corrected chi connectivity index (χ2v) is 8.07. The molecule has 0 aliphatic heterocycles. The van der Waals surface area contributed by atoms with Crippen LogP contribution in [0.15, 0.2) is 6.33 Å². The van der Waals surface area contributed by atoms with Crippen LogP contribution in [-0.4, -0.2) is 9.55 Å². The van der Waals surface area contributed by atoms with Crippen LogP contribution < -0.4 is 0 Å². The van der Waals surface area contributed by atoms with Crippen molar-refractivity contribution in [3.05, 3.63) is 17.7 Å². The maximum absolute atomic E-state index is 4.90. The predicted octanol–water partition coefficient (Wildman–Crippen LogP) is 6.23. The lowest BCUT2D eigenvalue weighted by molar-refractivity contribution is 0.401. The summed E-state index contributed by atoms with van der Waals surface area (Å²) < 4.78 is 2.43. The van der Waals surface area contributed by atoms with E-state index in [0.29, 0.717) is 0 Å². The number of hydrogen-bond acceptors (Lipinski definition) is 1. The first-order valence-corrected chi connectivity index (χ1v) is 9.36. The van der Waals surface area contributed by atoms with Crippen molar-refractivity contribution in [3.8, 4) is 0 Å². The second kappa shape index (κ2) is 8.17. The molecule has 1 rings (SSSR count). The molecule has 2 nitrogen and oxygen atoms in total. The SMILES string of the molecule is CCCCCC(C)(C)c1ncn(CCCC)c1C(C)(C)CC. The smallest absolute Gasteiger partial charge is 0.0952 e. The third kappa shape index (κ3) is 4.60. The molecule has 1 aromatic rings. The number of aryl methyl sites for hydroxylation is 1. The van der Waals surface area contributed by atoms with Gasteiger partial charge in [0.05, 0.1) is 12.0 Å². The van der Waals surface area contributed by atoms with Crippen molar-refractivity contribution in [1.29, 1.82) is 0 Å². The van der Waals surface area contributed by atoms with E-state index in [9.17, 15) is 0 Å². The van der Waals surface area contributed by atoms with Gasteiger partial charge in [0.2, 0.25) is 0 Å². The highest BCUT2D eigenvalue weighted by molar-refractivity contribution is 5.28. The molecule has 1 heterocycles. The molecule has 0 amide bonds. The quantitative estimate of drug-likeness (QED) is 0.469. The van der Waals surface area contributed by atoms with Crippen LogP contribution in [0.2, 0.25) is 0 Å². The monoisotopic (exact) mass is 306 g/mol. The average Bonchev–Trinajstić information content (AvgIpc) is 2.90.